The number of amides is 1. The van der Waals surface area contributed by atoms with E-state index in [1.165, 1.54) is 0 Å². The summed E-state index contributed by atoms with van der Waals surface area (Å²) in [6.07, 6.45) is -0.194. The smallest absolute Gasteiger partial charge is 0.253 e. The van der Waals surface area contributed by atoms with Crippen LogP contribution in [0.1, 0.15) is 20.8 Å². The summed E-state index contributed by atoms with van der Waals surface area (Å²) in [4.78, 5) is 12.7. The topological polar surface area (TPSA) is 29.5 Å². The van der Waals surface area contributed by atoms with Gasteiger partial charge in [0.05, 0.1) is 12.1 Å². The molecular formula is C8H15NO2. The van der Waals surface area contributed by atoms with Crippen molar-refractivity contribution >= 4 is 5.91 Å². The number of hydrogen-bond acceptors (Lipinski definition) is 2. The zero-order valence-corrected chi connectivity index (χ0v) is 7.55. The summed E-state index contributed by atoms with van der Waals surface area (Å²) in [7, 11) is 1.78. The summed E-state index contributed by atoms with van der Waals surface area (Å²) in [5, 5.41) is 0. The molecule has 1 aliphatic heterocycles. The summed E-state index contributed by atoms with van der Waals surface area (Å²) >= 11 is 0. The fourth-order valence-corrected chi connectivity index (χ4v) is 1.06. The average Bonchev–Trinajstić information content (AvgIpc) is 1.84. The minimum Gasteiger partial charge on any atom is -0.361 e. The lowest BCUT2D eigenvalue weighted by molar-refractivity contribution is -0.172. The predicted octanol–water partition coefficient (Wildman–Crippen LogP) is 0.642. The minimum atomic E-state index is -0.207. The Labute approximate surface area is 67.3 Å². The van der Waals surface area contributed by atoms with Crippen molar-refractivity contribution in [1.29, 1.82) is 0 Å². The average molecular weight is 157 g/mol. The fraction of sp³-hybridized carbons (Fsp3) is 0.875. The normalized spacial score (nSPS) is 25.3. The van der Waals surface area contributed by atoms with Gasteiger partial charge in [0.25, 0.3) is 5.91 Å². The Morgan fingerprint density at radius 3 is 2.36 bits per heavy atom. The summed E-state index contributed by atoms with van der Waals surface area (Å²) in [5.74, 6) is 0.0972. The first kappa shape index (κ1) is 8.53. The van der Waals surface area contributed by atoms with Gasteiger partial charge < -0.3 is 9.64 Å². The molecule has 11 heavy (non-hydrogen) atoms. The molecular weight excluding hydrogens is 142 g/mol. The lowest BCUT2D eigenvalue weighted by Gasteiger charge is -2.38. The molecule has 0 bridgehead atoms. The monoisotopic (exact) mass is 157 g/mol. The molecule has 1 aliphatic rings. The number of nitrogens with zero attached hydrogens (tertiary/aromatic N) is 1. The Bertz CT molecular complexity index is 171. The highest BCUT2D eigenvalue weighted by molar-refractivity contribution is 5.86. The van der Waals surface area contributed by atoms with Crippen LogP contribution in [0.25, 0.3) is 0 Å². The molecule has 0 aromatic heterocycles. The van der Waals surface area contributed by atoms with Crippen LogP contribution in [0.2, 0.25) is 0 Å². The molecule has 0 radical (unpaired) electrons. The summed E-state index contributed by atoms with van der Waals surface area (Å²) < 4.78 is 5.47. The molecule has 0 aromatic carbocycles. The van der Waals surface area contributed by atoms with E-state index in [0.717, 1.165) is 6.54 Å². The van der Waals surface area contributed by atoms with Gasteiger partial charge in [-0.05, 0) is 20.8 Å². The Kier molecular flexibility index (Phi) is 1.92. The highest BCUT2D eigenvalue weighted by Gasteiger charge is 2.37. The number of carbonyl (C=O) groups is 1. The Hall–Kier alpha value is -0.570. The molecule has 1 atom stereocenters. The van der Waals surface area contributed by atoms with E-state index < -0.39 is 0 Å². The van der Waals surface area contributed by atoms with Gasteiger partial charge >= 0.3 is 0 Å². The van der Waals surface area contributed by atoms with Gasteiger partial charge in [-0.25, -0.2) is 0 Å². The van der Waals surface area contributed by atoms with Crippen molar-refractivity contribution in [3.8, 4) is 0 Å². The lowest BCUT2D eigenvalue weighted by atomic mass is 10.1. The number of β-lactam (4-membered cyclic amide) rings is 1. The van der Waals surface area contributed by atoms with Crippen LogP contribution in [-0.4, -0.2) is 36.1 Å². The number of likely N-dealkylation sites (N-methyl/N-ethyl adjacent to an activating group) is 1. The van der Waals surface area contributed by atoms with E-state index in [1.807, 2.05) is 20.8 Å². The summed E-state index contributed by atoms with van der Waals surface area (Å²) in [5.41, 5.74) is -0.207. The van der Waals surface area contributed by atoms with E-state index in [4.69, 9.17) is 4.74 Å². The third kappa shape index (κ3) is 1.93. The van der Waals surface area contributed by atoms with Crippen molar-refractivity contribution in [1.82, 2.24) is 4.90 Å². The van der Waals surface area contributed by atoms with Gasteiger partial charge in [-0.1, -0.05) is 0 Å². The highest BCUT2D eigenvalue weighted by Crippen LogP contribution is 2.18. The molecule has 0 spiro atoms. The molecule has 1 rings (SSSR count). The molecule has 1 amide bonds. The lowest BCUT2D eigenvalue weighted by Crippen LogP contribution is -2.57. The predicted molar refractivity (Wildman–Crippen MR) is 42.3 cm³/mol. The highest BCUT2D eigenvalue weighted by atomic mass is 16.5. The van der Waals surface area contributed by atoms with Crippen LogP contribution >= 0.6 is 0 Å². The van der Waals surface area contributed by atoms with Gasteiger partial charge in [0, 0.05) is 7.05 Å². The molecule has 1 saturated heterocycles. The zero-order chi connectivity index (χ0) is 8.65. The molecule has 3 nitrogen and oxygen atoms in total. The summed E-state index contributed by atoms with van der Waals surface area (Å²) in [6, 6.07) is 0. The van der Waals surface area contributed by atoms with Crippen LogP contribution in [0.15, 0.2) is 0 Å². The maximum atomic E-state index is 11.0. The molecule has 0 aromatic rings. The minimum absolute atomic E-state index is 0.0972. The van der Waals surface area contributed by atoms with E-state index >= 15 is 0 Å². The number of rotatable bonds is 1. The Morgan fingerprint density at radius 1 is 1.55 bits per heavy atom. The van der Waals surface area contributed by atoms with E-state index in [0.29, 0.717) is 0 Å². The SMILES string of the molecule is CN1CC(OC(C)(C)C)C1=O. The quantitative estimate of drug-likeness (QED) is 0.523. The van der Waals surface area contributed by atoms with Gasteiger partial charge in [0.15, 0.2) is 6.10 Å². The number of ether oxygens (including phenoxy) is 1. The van der Waals surface area contributed by atoms with Crippen molar-refractivity contribution in [2.45, 2.75) is 32.5 Å². The van der Waals surface area contributed by atoms with Crippen molar-refractivity contribution in [3.05, 3.63) is 0 Å². The third-order valence-electron chi connectivity index (χ3n) is 1.59. The third-order valence-corrected chi connectivity index (χ3v) is 1.59. The van der Waals surface area contributed by atoms with Crippen molar-refractivity contribution < 1.29 is 9.53 Å². The Balaban J connectivity index is 2.37. The standard InChI is InChI=1S/C8H15NO2/c1-8(2,3)11-6-5-9(4)7(6)10/h6H,5H2,1-4H3. The molecule has 1 unspecified atom stereocenters. The number of likely N-dealkylation sites (tertiary alicyclic amines) is 1. The largest absolute Gasteiger partial charge is 0.361 e. The van der Waals surface area contributed by atoms with Gasteiger partial charge in [0.1, 0.15) is 0 Å². The van der Waals surface area contributed by atoms with Crippen molar-refractivity contribution in [2.24, 2.45) is 0 Å². The van der Waals surface area contributed by atoms with E-state index in [-0.39, 0.29) is 17.6 Å². The van der Waals surface area contributed by atoms with Crippen LogP contribution in [0.4, 0.5) is 0 Å². The fourth-order valence-electron chi connectivity index (χ4n) is 1.06. The van der Waals surface area contributed by atoms with Crippen LogP contribution in [0.5, 0.6) is 0 Å². The van der Waals surface area contributed by atoms with Gasteiger partial charge in [-0.15, -0.1) is 0 Å². The molecule has 1 fully saturated rings. The van der Waals surface area contributed by atoms with Gasteiger partial charge in [-0.2, -0.15) is 0 Å². The molecule has 0 aliphatic carbocycles. The maximum absolute atomic E-state index is 11.0. The van der Waals surface area contributed by atoms with Crippen LogP contribution in [0, 0.1) is 0 Å². The van der Waals surface area contributed by atoms with Crippen LogP contribution < -0.4 is 0 Å². The van der Waals surface area contributed by atoms with Crippen LogP contribution in [-0.2, 0) is 9.53 Å². The zero-order valence-electron chi connectivity index (χ0n) is 7.55. The van der Waals surface area contributed by atoms with Gasteiger partial charge in [0.2, 0.25) is 0 Å². The second-order valence-corrected chi connectivity index (χ2v) is 3.94. The summed E-state index contributed by atoms with van der Waals surface area (Å²) in [6.45, 7) is 6.60. The molecule has 0 N–H and O–H groups in total. The second-order valence-electron chi connectivity index (χ2n) is 3.94. The molecule has 0 saturated carbocycles. The van der Waals surface area contributed by atoms with E-state index in [2.05, 4.69) is 0 Å². The first-order chi connectivity index (χ1) is 4.90. The second kappa shape index (κ2) is 2.48. The van der Waals surface area contributed by atoms with E-state index in [9.17, 15) is 4.79 Å². The maximum Gasteiger partial charge on any atom is 0.253 e. The molecule has 3 heteroatoms. The number of hydrogen-bond donors (Lipinski definition) is 0. The van der Waals surface area contributed by atoms with Crippen molar-refractivity contribution in [3.63, 3.8) is 0 Å². The first-order valence-corrected chi connectivity index (χ1v) is 3.83. The van der Waals surface area contributed by atoms with Crippen molar-refractivity contribution in [2.75, 3.05) is 13.6 Å². The Morgan fingerprint density at radius 2 is 2.09 bits per heavy atom. The van der Waals surface area contributed by atoms with E-state index in [1.54, 1.807) is 11.9 Å². The number of carbonyl (C=O) groups excluding carboxylic acids is 1. The first-order valence-electron chi connectivity index (χ1n) is 3.83. The molecule has 1 heterocycles. The molecule has 64 valence electrons. The van der Waals surface area contributed by atoms with Crippen LogP contribution in [0.3, 0.4) is 0 Å². The van der Waals surface area contributed by atoms with Gasteiger partial charge in [-0.3, -0.25) is 4.79 Å².